The van der Waals surface area contributed by atoms with Crippen LogP contribution in [0.4, 0.5) is 0 Å². The molecule has 1 saturated heterocycles. The molecular weight excluding hydrogens is 324 g/mol. The van der Waals surface area contributed by atoms with E-state index in [0.29, 0.717) is 13.1 Å². The van der Waals surface area contributed by atoms with Crippen LogP contribution in [0.25, 0.3) is 0 Å². The molecule has 2 heterocycles. The molecule has 2 N–H and O–H groups in total. The average molecular weight is 359 g/mol. The number of rotatable bonds is 5. The second-order valence-electron chi connectivity index (χ2n) is 7.77. The van der Waals surface area contributed by atoms with E-state index in [-0.39, 0.29) is 0 Å². The van der Waals surface area contributed by atoms with Gasteiger partial charge >= 0.3 is 0 Å². The molecule has 0 bridgehead atoms. The molecule has 1 atom stereocenters. The minimum atomic E-state index is -0.419. The summed E-state index contributed by atoms with van der Waals surface area (Å²) in [6.45, 7) is 10.5. The summed E-state index contributed by atoms with van der Waals surface area (Å²) in [6, 6.07) is 8.63. The van der Waals surface area contributed by atoms with Crippen LogP contribution in [0.2, 0.25) is 0 Å². The summed E-state index contributed by atoms with van der Waals surface area (Å²) in [5.74, 6) is 1.77. The first-order valence-corrected chi connectivity index (χ1v) is 10.2. The average Bonchev–Trinajstić information content (AvgIpc) is 2.66. The summed E-state index contributed by atoms with van der Waals surface area (Å²) in [6.07, 6.45) is 3.10. The highest BCUT2D eigenvalue weighted by molar-refractivity contribution is 5.80. The quantitative estimate of drug-likeness (QED) is 0.625. The minimum Gasteiger partial charge on any atom is -0.390 e. The molecule has 2 aliphatic heterocycles. The highest BCUT2D eigenvalue weighted by Gasteiger charge is 2.20. The second kappa shape index (κ2) is 9.38. The fourth-order valence-corrected chi connectivity index (χ4v) is 3.90. The third kappa shape index (κ3) is 5.21. The predicted molar refractivity (Wildman–Crippen MR) is 107 cm³/mol. The van der Waals surface area contributed by atoms with Crippen molar-refractivity contribution in [2.75, 3.05) is 39.3 Å². The van der Waals surface area contributed by atoms with Gasteiger partial charge in [0.25, 0.3) is 0 Å². The summed E-state index contributed by atoms with van der Waals surface area (Å²) in [5.41, 5.74) is 2.84. The molecule has 0 aliphatic carbocycles. The second-order valence-corrected chi connectivity index (χ2v) is 7.77. The molecule has 1 unspecified atom stereocenters. The van der Waals surface area contributed by atoms with Gasteiger partial charge in [0.2, 0.25) is 0 Å². The van der Waals surface area contributed by atoms with Gasteiger partial charge in [0.15, 0.2) is 5.96 Å². The fourth-order valence-electron chi connectivity index (χ4n) is 3.90. The van der Waals surface area contributed by atoms with Crippen molar-refractivity contribution in [1.82, 2.24) is 15.1 Å². The summed E-state index contributed by atoms with van der Waals surface area (Å²) < 4.78 is 0. The number of aliphatic imine (C=N–C) groups is 1. The normalized spacial score (nSPS) is 20.7. The lowest BCUT2D eigenvalue weighted by atomic mass is 9.99. The topological polar surface area (TPSA) is 51.1 Å². The lowest BCUT2D eigenvalue weighted by Gasteiger charge is -2.33. The molecule has 5 nitrogen and oxygen atoms in total. The minimum absolute atomic E-state index is 0.419. The zero-order valence-electron chi connectivity index (χ0n) is 16.3. The van der Waals surface area contributed by atoms with Crippen molar-refractivity contribution in [2.24, 2.45) is 10.9 Å². The van der Waals surface area contributed by atoms with Gasteiger partial charge in [-0.3, -0.25) is 9.89 Å². The number of nitrogens with one attached hydrogen (secondary N) is 1. The standard InChI is InChI=1S/C21H34N4O/c1-3-22-21(25-12-8-17(2)9-13-25)23-14-20(26)16-24-11-10-18-6-4-5-7-19(18)15-24/h4-7,17,20,26H,3,8-16H2,1-2H3,(H,22,23). The van der Waals surface area contributed by atoms with Gasteiger partial charge in [-0.05, 0) is 43.2 Å². The summed E-state index contributed by atoms with van der Waals surface area (Å²) in [4.78, 5) is 9.41. The van der Waals surface area contributed by atoms with Crippen molar-refractivity contribution in [3.63, 3.8) is 0 Å². The van der Waals surface area contributed by atoms with Gasteiger partial charge in [0, 0.05) is 39.3 Å². The number of aliphatic hydroxyl groups excluding tert-OH is 1. The van der Waals surface area contributed by atoms with E-state index in [4.69, 9.17) is 4.99 Å². The van der Waals surface area contributed by atoms with Crippen LogP contribution >= 0.6 is 0 Å². The highest BCUT2D eigenvalue weighted by atomic mass is 16.3. The van der Waals surface area contributed by atoms with Gasteiger partial charge in [-0.25, -0.2) is 0 Å². The van der Waals surface area contributed by atoms with Crippen molar-refractivity contribution in [3.8, 4) is 0 Å². The van der Waals surface area contributed by atoms with Crippen LogP contribution in [0.3, 0.4) is 0 Å². The number of aliphatic hydroxyl groups is 1. The van der Waals surface area contributed by atoms with E-state index in [9.17, 15) is 5.11 Å². The van der Waals surface area contributed by atoms with Crippen molar-refractivity contribution in [1.29, 1.82) is 0 Å². The van der Waals surface area contributed by atoms with E-state index in [0.717, 1.165) is 51.0 Å². The van der Waals surface area contributed by atoms with Crippen LogP contribution < -0.4 is 5.32 Å². The van der Waals surface area contributed by atoms with E-state index in [1.807, 2.05) is 0 Å². The largest absolute Gasteiger partial charge is 0.390 e. The van der Waals surface area contributed by atoms with E-state index in [1.165, 1.54) is 24.0 Å². The third-order valence-corrected chi connectivity index (χ3v) is 5.55. The Hall–Kier alpha value is -1.59. The molecule has 0 aromatic heterocycles. The Kier molecular flexibility index (Phi) is 6.92. The maximum absolute atomic E-state index is 10.5. The molecule has 1 aromatic rings. The number of benzene rings is 1. The van der Waals surface area contributed by atoms with E-state index < -0.39 is 6.10 Å². The summed E-state index contributed by atoms with van der Waals surface area (Å²) in [7, 11) is 0. The van der Waals surface area contributed by atoms with Crippen LogP contribution in [0, 0.1) is 5.92 Å². The SMILES string of the molecule is CCNC(=NCC(O)CN1CCc2ccccc2C1)N1CCC(C)CC1. The Balaban J connectivity index is 1.51. The first-order valence-electron chi connectivity index (χ1n) is 10.2. The Morgan fingerprint density at radius 2 is 1.96 bits per heavy atom. The first-order chi connectivity index (χ1) is 12.7. The number of nitrogens with zero attached hydrogens (tertiary/aromatic N) is 3. The Morgan fingerprint density at radius 3 is 2.69 bits per heavy atom. The van der Waals surface area contributed by atoms with Crippen LogP contribution in [0.1, 0.15) is 37.8 Å². The van der Waals surface area contributed by atoms with Crippen molar-refractivity contribution in [3.05, 3.63) is 35.4 Å². The molecule has 0 amide bonds. The van der Waals surface area contributed by atoms with E-state index in [1.54, 1.807) is 0 Å². The van der Waals surface area contributed by atoms with Crippen LogP contribution in [-0.4, -0.2) is 66.2 Å². The van der Waals surface area contributed by atoms with Crippen LogP contribution in [-0.2, 0) is 13.0 Å². The first kappa shape index (κ1) is 19.2. The number of β-amino-alcohol motifs (C(OH)–C–C–N with tert-alkyl or cyclic N) is 1. The zero-order chi connectivity index (χ0) is 18.4. The summed E-state index contributed by atoms with van der Waals surface area (Å²) >= 11 is 0. The van der Waals surface area contributed by atoms with E-state index in [2.05, 4.69) is 53.2 Å². The molecule has 0 saturated carbocycles. The molecular formula is C21H34N4O. The predicted octanol–water partition coefficient (Wildman–Crippen LogP) is 2.10. The Labute approximate surface area is 158 Å². The van der Waals surface area contributed by atoms with Gasteiger partial charge in [-0.2, -0.15) is 0 Å². The highest BCUT2D eigenvalue weighted by Crippen LogP contribution is 2.19. The maximum Gasteiger partial charge on any atom is 0.194 e. The molecule has 26 heavy (non-hydrogen) atoms. The van der Waals surface area contributed by atoms with Crippen molar-refractivity contribution in [2.45, 2.75) is 45.8 Å². The van der Waals surface area contributed by atoms with Crippen LogP contribution in [0.5, 0.6) is 0 Å². The molecule has 5 heteroatoms. The zero-order valence-corrected chi connectivity index (χ0v) is 16.3. The molecule has 2 aliphatic rings. The Morgan fingerprint density at radius 1 is 1.23 bits per heavy atom. The van der Waals surface area contributed by atoms with Crippen molar-refractivity contribution >= 4 is 5.96 Å². The lowest BCUT2D eigenvalue weighted by Crippen LogP contribution is -2.46. The molecule has 0 radical (unpaired) electrons. The van der Waals surface area contributed by atoms with Gasteiger partial charge in [0.1, 0.15) is 0 Å². The van der Waals surface area contributed by atoms with Gasteiger partial charge in [-0.1, -0.05) is 31.2 Å². The maximum atomic E-state index is 10.5. The van der Waals surface area contributed by atoms with Crippen LogP contribution in [0.15, 0.2) is 29.3 Å². The molecule has 3 rings (SSSR count). The molecule has 1 aromatic carbocycles. The number of likely N-dealkylation sites (tertiary alicyclic amines) is 1. The summed E-state index contributed by atoms with van der Waals surface area (Å²) in [5, 5.41) is 13.9. The van der Waals surface area contributed by atoms with Gasteiger partial charge < -0.3 is 15.3 Å². The number of hydrogen-bond acceptors (Lipinski definition) is 3. The van der Waals surface area contributed by atoms with Gasteiger partial charge in [0.05, 0.1) is 12.6 Å². The molecule has 1 fully saturated rings. The van der Waals surface area contributed by atoms with Gasteiger partial charge in [-0.15, -0.1) is 0 Å². The van der Waals surface area contributed by atoms with E-state index >= 15 is 0 Å². The smallest absolute Gasteiger partial charge is 0.194 e. The molecule has 0 spiro atoms. The fraction of sp³-hybridized carbons (Fsp3) is 0.667. The molecule has 144 valence electrons. The lowest BCUT2D eigenvalue weighted by molar-refractivity contribution is 0.111. The third-order valence-electron chi connectivity index (χ3n) is 5.55. The number of guanidine groups is 1. The number of piperidine rings is 1. The number of fused-ring (bicyclic) bond motifs is 1. The van der Waals surface area contributed by atoms with Crippen molar-refractivity contribution < 1.29 is 5.11 Å². The number of hydrogen-bond donors (Lipinski definition) is 2. The Bertz CT molecular complexity index is 595. The monoisotopic (exact) mass is 358 g/mol.